The van der Waals surface area contributed by atoms with E-state index in [2.05, 4.69) is 69.8 Å². The number of aryl methyl sites for hydroxylation is 3. The molecule has 37 nitrogen and oxygen atoms in total. The van der Waals surface area contributed by atoms with Gasteiger partial charge in [0.2, 0.25) is 50.2 Å². The lowest BCUT2D eigenvalue weighted by Crippen LogP contribution is -2.58. The first-order valence-corrected chi connectivity index (χ1v) is 57.5. The number of ether oxygens (including phenoxy) is 6. The summed E-state index contributed by atoms with van der Waals surface area (Å²) in [5.41, 5.74) is 6.86. The Balaban J connectivity index is 0.000000184. The maximum Gasteiger partial charge on any atom is 0.410 e. The monoisotopic (exact) mass is 2100 g/mol. The number of hydrogen-bond donors (Lipinski definition) is 9. The standard InChI is InChI=1S/C36H53N4O9P.C36H53N4O8P.C35H51N4O8P/c1-8-25-18-36(25,50(45,46)48-9-2)38-30(41)28-17-26-20-40(28)31(42)29(34(3,4)5)37-32(43)47-22-35(6,7)16-11-10-13-23-14-12-15-24-19-39(21-27(23)24)33(44)49-26;1-8-25-18-36(25,49(45,46)9-2)38-30(41)28-17-26-20-40(28)31(42)29(34(3,4)5)37-32(43)47-22-35(6,7)16-11-10-13-23-14-12-15-24-19-39(21-27(23)24)33(44)48-26;1-8-24-17-35(24,48(7,44)45)37-29(40)27-16-25-19-39(27)30(41)28(33(2,3)4)36-31(42)46-21-34(5,6)15-10-9-12-22-13-11-14-23-18-38(20-26(22)23)32(43)47-25/h8,12,14-15,25-26,28-29H,1,9-11,13,16-22H2,2-7H3,(H,37,43)(H,38,41)(H,45,46);8,12,14-15,25-26,28-29H,1,9-11,13,16-22H2,2-7H3,(H,37,43)(H,38,41)(H,45,46);8,11,13-14,24-25,27-28H,1,9-10,12,15-21H2,2-7H3,(H,36,42)(H,37,40)(H,44,45)/t2*25-,26-,28+,29-,36+;24-,25-,27+,28-,35+/m111/s1. The number of carbonyl (C=O) groups is 12. The third kappa shape index (κ3) is 26.0. The van der Waals surface area contributed by atoms with Crippen molar-refractivity contribution >= 4 is 94.3 Å². The van der Waals surface area contributed by atoms with Crippen LogP contribution in [-0.2, 0) is 134 Å². The van der Waals surface area contributed by atoms with Crippen LogP contribution >= 0.6 is 22.3 Å². The van der Waals surface area contributed by atoms with Crippen LogP contribution in [0.1, 0.15) is 264 Å². The van der Waals surface area contributed by atoms with E-state index < -0.39 is 199 Å². The normalized spacial score (nSPS) is 30.4. The van der Waals surface area contributed by atoms with Crippen molar-refractivity contribution in [3.63, 3.8) is 0 Å². The molecule has 0 radical (unpaired) electrons. The molecule has 0 aromatic heterocycles. The summed E-state index contributed by atoms with van der Waals surface area (Å²) in [5.74, 6) is -4.90. The van der Waals surface area contributed by atoms with E-state index in [1.807, 2.05) is 77.9 Å². The zero-order valence-corrected chi connectivity index (χ0v) is 91.6. The molecule has 0 spiro atoms. The molecule has 3 aromatic carbocycles. The van der Waals surface area contributed by atoms with Crippen LogP contribution in [0, 0.1) is 50.2 Å². The molecule has 12 bridgehead atoms. The van der Waals surface area contributed by atoms with E-state index in [1.165, 1.54) is 44.1 Å². The molecule has 3 aromatic rings. The summed E-state index contributed by atoms with van der Waals surface area (Å²) in [5, 5.41) is 12.3. The molecule has 3 unspecified atom stereocenters. The molecule has 12 aliphatic rings. The van der Waals surface area contributed by atoms with Crippen LogP contribution < -0.4 is 31.9 Å². The Hall–Kier alpha value is -10.2. The van der Waals surface area contributed by atoms with Crippen molar-refractivity contribution in [1.82, 2.24) is 61.3 Å². The second-order valence-corrected chi connectivity index (χ2v) is 55.4. The van der Waals surface area contributed by atoms with Gasteiger partial charge in [-0.3, -0.25) is 57.2 Å². The van der Waals surface area contributed by atoms with Crippen LogP contribution in [0.25, 0.3) is 0 Å². The maximum atomic E-state index is 14.4. The van der Waals surface area contributed by atoms with Gasteiger partial charge in [0, 0.05) is 89.1 Å². The predicted octanol–water partition coefficient (Wildman–Crippen LogP) is 15.5. The van der Waals surface area contributed by atoms with Crippen molar-refractivity contribution in [3.05, 3.63) is 143 Å². The molecule has 18 atom stereocenters. The second-order valence-electron chi connectivity index (χ2n) is 47.9. The number of amides is 12. The summed E-state index contributed by atoms with van der Waals surface area (Å²) in [6, 6.07) is 11.7. The highest BCUT2D eigenvalue weighted by Gasteiger charge is 2.69. The molecule has 147 heavy (non-hydrogen) atoms. The van der Waals surface area contributed by atoms with Gasteiger partial charge in [-0.1, -0.05) is 203 Å². The SMILES string of the molecule is C=C[C@@H]1C[C@]1(NC(=O)[C@@H]1C[C@@H]2CN1C(=O)[C@H](C(C)(C)C)NC(=O)OCC(C)(C)CCCCc1cccc3c1CN(C3)C(=O)O2)P(=O)(O)CC.C=C[C@@H]1C[C@]1(NC(=O)[C@@H]1C[C@@H]2CN1C(=O)[C@H](C(C)(C)C)NC(=O)OCC(C)(C)CCCCc1cccc3c1CN(C3)C(=O)O2)P(=O)(O)OCC.C=C[C@@H]1C[C@]1(NC(=O)[C@@H]1C[C@@H]2CN1C(=O)[C@H](C(C)(C)C)NC(=O)OCC(C)(C)CCCCc1cccc3c1CN(C3)C(=O)O2)P(C)(=O)O. The summed E-state index contributed by atoms with van der Waals surface area (Å²) in [6.45, 7) is 46.6. The van der Waals surface area contributed by atoms with Crippen LogP contribution in [0.2, 0.25) is 0 Å². The zero-order valence-electron chi connectivity index (χ0n) is 89.0. The van der Waals surface area contributed by atoms with Gasteiger partial charge >= 0.3 is 44.2 Å². The quantitative estimate of drug-likeness (QED) is 0.0388. The summed E-state index contributed by atoms with van der Waals surface area (Å²) in [7, 11) is -12.0. The topological polar surface area (TPSA) is 473 Å². The lowest BCUT2D eigenvalue weighted by atomic mass is 9.85. The zero-order chi connectivity index (χ0) is 108. The van der Waals surface area contributed by atoms with Crippen LogP contribution in [0.5, 0.6) is 0 Å². The largest absolute Gasteiger partial charge is 0.449 e. The van der Waals surface area contributed by atoms with E-state index in [4.69, 9.17) is 32.9 Å². The van der Waals surface area contributed by atoms with Crippen molar-refractivity contribution in [3.8, 4) is 0 Å². The fraction of sp³-hybridized carbons (Fsp3) is 0.664. The third-order valence-corrected chi connectivity index (χ3v) is 38.4. The van der Waals surface area contributed by atoms with Gasteiger partial charge in [0.15, 0.2) is 0 Å². The van der Waals surface area contributed by atoms with Crippen molar-refractivity contribution < 1.29 is 119 Å². The average molecular weight is 2100 g/mol. The first-order valence-electron chi connectivity index (χ1n) is 52.0. The molecule has 9 N–H and O–H groups in total. The van der Waals surface area contributed by atoms with Crippen LogP contribution in [0.4, 0.5) is 28.8 Å². The van der Waals surface area contributed by atoms with E-state index in [1.54, 1.807) is 103 Å². The smallest absolute Gasteiger partial charge is 0.410 e. The van der Waals surface area contributed by atoms with Gasteiger partial charge in [-0.25, -0.2) is 28.8 Å². The minimum absolute atomic E-state index is 0.0124. The molecule has 12 amide bonds. The van der Waals surface area contributed by atoms with Gasteiger partial charge < -0.3 is 94.2 Å². The second kappa shape index (κ2) is 44.4. The Morgan fingerprint density at radius 3 is 0.986 bits per heavy atom. The predicted molar refractivity (Wildman–Crippen MR) is 551 cm³/mol. The fourth-order valence-electron chi connectivity index (χ4n) is 22.0. The number of alkyl carbamates (subject to hydrolysis) is 3. The minimum atomic E-state index is -4.34. The van der Waals surface area contributed by atoms with Gasteiger partial charge in [-0.15, -0.1) is 19.7 Å². The number of fused-ring (bicyclic) bond motifs is 9. The minimum Gasteiger partial charge on any atom is -0.449 e. The average Bonchev–Trinajstić information content (AvgIpc) is 1.55. The lowest BCUT2D eigenvalue weighted by molar-refractivity contribution is -0.142. The molecule has 40 heteroatoms. The van der Waals surface area contributed by atoms with Gasteiger partial charge in [0.25, 0.3) is 0 Å². The van der Waals surface area contributed by atoms with E-state index in [0.29, 0.717) is 39.3 Å². The number of hydrogen-bond acceptors (Lipinski definition) is 22. The lowest BCUT2D eigenvalue weighted by Gasteiger charge is -2.36. The number of carbonyl (C=O) groups excluding carboxylic acids is 12. The van der Waals surface area contributed by atoms with Crippen LogP contribution in [0.15, 0.2) is 92.6 Å². The highest BCUT2D eigenvalue weighted by atomic mass is 31.2. The highest BCUT2D eigenvalue weighted by molar-refractivity contribution is 7.60. The Morgan fingerprint density at radius 1 is 0.435 bits per heavy atom. The number of cyclic esters (lactones) is 3. The number of benzene rings is 3. The Bertz CT molecular complexity index is 5680. The van der Waals surface area contributed by atoms with Crippen LogP contribution in [-0.4, -0.2) is 245 Å². The Morgan fingerprint density at radius 2 is 0.714 bits per heavy atom. The van der Waals surface area contributed by atoms with E-state index >= 15 is 0 Å². The van der Waals surface area contributed by atoms with Crippen molar-refractivity contribution in [2.24, 2.45) is 50.2 Å². The first kappa shape index (κ1) is 114. The van der Waals surface area contributed by atoms with E-state index in [0.717, 1.165) is 110 Å². The molecule has 3 saturated carbocycles. The maximum absolute atomic E-state index is 14.4. The molecule has 15 rings (SSSR count). The van der Waals surface area contributed by atoms with Crippen LogP contribution in [0.3, 0.4) is 0 Å². The number of rotatable bonds is 15. The molecule has 3 aliphatic carbocycles. The summed E-state index contributed by atoms with van der Waals surface area (Å²) < 4.78 is 79.6. The van der Waals surface area contributed by atoms with E-state index in [9.17, 15) is 85.9 Å². The van der Waals surface area contributed by atoms with Gasteiger partial charge in [-0.2, -0.15) is 0 Å². The van der Waals surface area contributed by atoms with Gasteiger partial charge in [-0.05, 0) is 167 Å². The van der Waals surface area contributed by atoms with Crippen molar-refractivity contribution in [2.75, 3.05) is 58.9 Å². The number of nitrogens with zero attached hydrogens (tertiary/aromatic N) is 6. The third-order valence-electron chi connectivity index (χ3n) is 31.3. The molecule has 9 aliphatic heterocycles. The number of nitrogens with one attached hydrogen (secondary N) is 6. The summed E-state index contributed by atoms with van der Waals surface area (Å²) >= 11 is 0. The molecule has 3 saturated heterocycles. The van der Waals surface area contributed by atoms with Gasteiger partial charge in [0.05, 0.1) is 46.1 Å². The molecule has 6 fully saturated rings. The van der Waals surface area contributed by atoms with E-state index in [-0.39, 0.29) is 107 Å². The Kier molecular flexibility index (Phi) is 34.4. The molecule has 810 valence electrons. The molecular weight excluding hydrogens is 1950 g/mol. The summed E-state index contributed by atoms with van der Waals surface area (Å²) in [4.78, 5) is 207. The highest BCUT2D eigenvalue weighted by Crippen LogP contribution is 2.71. The molecular formula is C107H157N12O25P3. The van der Waals surface area contributed by atoms with Crippen molar-refractivity contribution in [2.45, 2.75) is 343 Å². The summed E-state index contributed by atoms with van der Waals surface area (Å²) in [6.07, 6.45) is 9.38. The molecule has 9 heterocycles. The first-order chi connectivity index (χ1) is 68.7. The Labute approximate surface area is 864 Å². The van der Waals surface area contributed by atoms with Crippen molar-refractivity contribution in [1.29, 1.82) is 0 Å². The fourth-order valence-corrected chi connectivity index (χ4v) is 27.4. The van der Waals surface area contributed by atoms with Gasteiger partial charge in [0.1, 0.15) is 70.4 Å².